The highest BCUT2D eigenvalue weighted by molar-refractivity contribution is 6.04. The summed E-state index contributed by atoms with van der Waals surface area (Å²) < 4.78 is 43.8. The summed E-state index contributed by atoms with van der Waals surface area (Å²) >= 11 is 0. The van der Waals surface area contributed by atoms with Crippen LogP contribution in [0.2, 0.25) is 0 Å². The molecule has 0 bridgehead atoms. The molecule has 134 valence electrons. The molecule has 0 N–H and O–H groups in total. The van der Waals surface area contributed by atoms with Crippen molar-refractivity contribution >= 4 is 17.7 Å². The van der Waals surface area contributed by atoms with Crippen molar-refractivity contribution in [3.63, 3.8) is 0 Å². The standard InChI is InChI=1S/C15H14F3N3O4/c16-15(17,18)10-2-1-5-19-14(10)25-9-6-20(7-9)13(24)8-21-11(22)3-4-12(21)23/h1-2,5,9H,3-4,6-8H2. The van der Waals surface area contributed by atoms with Crippen molar-refractivity contribution in [1.82, 2.24) is 14.8 Å². The predicted octanol–water partition coefficient (Wildman–Crippen LogP) is 0.839. The lowest BCUT2D eigenvalue weighted by Gasteiger charge is -2.39. The molecule has 0 atom stereocenters. The molecule has 0 unspecified atom stereocenters. The van der Waals surface area contributed by atoms with Crippen molar-refractivity contribution in [3.8, 4) is 5.88 Å². The Morgan fingerprint density at radius 3 is 2.48 bits per heavy atom. The van der Waals surface area contributed by atoms with Crippen molar-refractivity contribution in [3.05, 3.63) is 23.9 Å². The van der Waals surface area contributed by atoms with E-state index in [9.17, 15) is 27.6 Å². The second-order valence-electron chi connectivity index (χ2n) is 5.77. The average Bonchev–Trinajstić information content (AvgIpc) is 2.81. The molecule has 25 heavy (non-hydrogen) atoms. The fourth-order valence-corrected chi connectivity index (χ4v) is 2.61. The Bertz CT molecular complexity index is 700. The zero-order valence-electron chi connectivity index (χ0n) is 13.0. The van der Waals surface area contributed by atoms with E-state index in [2.05, 4.69) is 4.98 Å². The monoisotopic (exact) mass is 357 g/mol. The van der Waals surface area contributed by atoms with E-state index in [1.54, 1.807) is 0 Å². The Balaban J connectivity index is 1.54. The van der Waals surface area contributed by atoms with Crippen LogP contribution in [-0.4, -0.2) is 58.2 Å². The Morgan fingerprint density at radius 1 is 1.24 bits per heavy atom. The van der Waals surface area contributed by atoms with Gasteiger partial charge in [-0.3, -0.25) is 19.3 Å². The summed E-state index contributed by atoms with van der Waals surface area (Å²) in [6.07, 6.45) is -3.82. The topological polar surface area (TPSA) is 79.8 Å². The second kappa shape index (κ2) is 6.34. The van der Waals surface area contributed by atoms with Crippen LogP contribution in [0.15, 0.2) is 18.3 Å². The molecule has 2 aliphatic rings. The van der Waals surface area contributed by atoms with Gasteiger partial charge in [-0.25, -0.2) is 4.98 Å². The van der Waals surface area contributed by atoms with Crippen LogP contribution in [0.25, 0.3) is 0 Å². The van der Waals surface area contributed by atoms with E-state index in [1.165, 1.54) is 11.1 Å². The molecular weight excluding hydrogens is 343 g/mol. The zero-order chi connectivity index (χ0) is 18.2. The molecule has 0 radical (unpaired) electrons. The molecule has 3 rings (SSSR count). The van der Waals surface area contributed by atoms with Crippen LogP contribution in [0.3, 0.4) is 0 Å². The van der Waals surface area contributed by atoms with Gasteiger partial charge >= 0.3 is 6.18 Å². The molecule has 2 fully saturated rings. The van der Waals surface area contributed by atoms with Crippen molar-refractivity contribution in [2.45, 2.75) is 25.1 Å². The van der Waals surface area contributed by atoms with Crippen LogP contribution < -0.4 is 4.74 Å². The third kappa shape index (κ3) is 3.57. The summed E-state index contributed by atoms with van der Waals surface area (Å²) in [5, 5.41) is 0. The van der Waals surface area contributed by atoms with Gasteiger partial charge in [0.15, 0.2) is 0 Å². The van der Waals surface area contributed by atoms with E-state index in [4.69, 9.17) is 4.74 Å². The number of likely N-dealkylation sites (tertiary alicyclic amines) is 2. The number of hydrogen-bond donors (Lipinski definition) is 0. The summed E-state index contributed by atoms with van der Waals surface area (Å²) in [5.41, 5.74) is -0.979. The first kappa shape index (κ1) is 17.2. The maximum Gasteiger partial charge on any atom is 0.421 e. The number of nitrogens with zero attached hydrogens (tertiary/aromatic N) is 3. The van der Waals surface area contributed by atoms with Crippen molar-refractivity contribution < 1.29 is 32.3 Å². The number of rotatable bonds is 4. The Morgan fingerprint density at radius 2 is 1.88 bits per heavy atom. The van der Waals surface area contributed by atoms with E-state index in [1.807, 2.05) is 0 Å². The van der Waals surface area contributed by atoms with E-state index < -0.39 is 41.4 Å². The first-order valence-electron chi connectivity index (χ1n) is 7.55. The van der Waals surface area contributed by atoms with E-state index in [0.717, 1.165) is 17.0 Å². The summed E-state index contributed by atoms with van der Waals surface area (Å²) in [7, 11) is 0. The molecule has 3 heterocycles. The molecule has 10 heteroatoms. The molecule has 1 aromatic rings. The summed E-state index contributed by atoms with van der Waals surface area (Å²) in [6, 6.07) is 2.03. The average molecular weight is 357 g/mol. The fraction of sp³-hybridized carbons (Fsp3) is 0.467. The number of imide groups is 1. The van der Waals surface area contributed by atoms with Crippen LogP contribution in [-0.2, 0) is 20.6 Å². The Kier molecular flexibility index (Phi) is 4.36. The highest BCUT2D eigenvalue weighted by Crippen LogP contribution is 2.35. The van der Waals surface area contributed by atoms with E-state index in [-0.39, 0.29) is 32.5 Å². The Labute approximate surface area is 140 Å². The first-order chi connectivity index (χ1) is 11.8. The summed E-state index contributed by atoms with van der Waals surface area (Å²) in [5.74, 6) is -1.76. The molecule has 0 aromatic carbocycles. The number of hydrogen-bond acceptors (Lipinski definition) is 5. The van der Waals surface area contributed by atoms with Gasteiger partial charge in [-0.05, 0) is 12.1 Å². The van der Waals surface area contributed by atoms with Crippen molar-refractivity contribution in [1.29, 1.82) is 0 Å². The van der Waals surface area contributed by atoms with E-state index >= 15 is 0 Å². The number of pyridine rings is 1. The normalized spacial score (nSPS) is 18.5. The van der Waals surface area contributed by atoms with Crippen LogP contribution in [0.5, 0.6) is 5.88 Å². The lowest BCUT2D eigenvalue weighted by molar-refractivity contribution is -0.150. The molecule has 2 aliphatic heterocycles. The maximum absolute atomic E-state index is 12.9. The van der Waals surface area contributed by atoms with Gasteiger partial charge in [0.1, 0.15) is 18.2 Å². The van der Waals surface area contributed by atoms with Gasteiger partial charge in [0.05, 0.1) is 13.1 Å². The van der Waals surface area contributed by atoms with E-state index in [0.29, 0.717) is 0 Å². The second-order valence-corrected chi connectivity index (χ2v) is 5.77. The summed E-state index contributed by atoms with van der Waals surface area (Å²) in [6.45, 7) is -0.201. The molecule has 7 nitrogen and oxygen atoms in total. The minimum Gasteiger partial charge on any atom is -0.470 e. The third-order valence-corrected chi connectivity index (χ3v) is 4.00. The van der Waals surface area contributed by atoms with Crippen LogP contribution in [0.1, 0.15) is 18.4 Å². The highest BCUT2D eigenvalue weighted by atomic mass is 19.4. The van der Waals surface area contributed by atoms with Gasteiger partial charge in [0.2, 0.25) is 23.6 Å². The molecule has 3 amide bonds. The van der Waals surface area contributed by atoms with Gasteiger partial charge in [-0.2, -0.15) is 13.2 Å². The number of alkyl halides is 3. The minimum absolute atomic E-state index is 0.0723. The molecule has 2 saturated heterocycles. The molecule has 1 aromatic heterocycles. The van der Waals surface area contributed by atoms with Gasteiger partial charge in [-0.15, -0.1) is 0 Å². The van der Waals surface area contributed by atoms with Gasteiger partial charge in [0.25, 0.3) is 0 Å². The SMILES string of the molecule is O=C(CN1C(=O)CCC1=O)N1CC(Oc2ncccc2C(F)(F)F)C1. The highest BCUT2D eigenvalue weighted by Gasteiger charge is 2.39. The minimum atomic E-state index is -4.58. The predicted molar refractivity (Wildman–Crippen MR) is 76.2 cm³/mol. The van der Waals surface area contributed by atoms with Crippen molar-refractivity contribution in [2.75, 3.05) is 19.6 Å². The van der Waals surface area contributed by atoms with Crippen molar-refractivity contribution in [2.24, 2.45) is 0 Å². The molecular formula is C15H14F3N3O4. The van der Waals surface area contributed by atoms with Crippen LogP contribution in [0.4, 0.5) is 13.2 Å². The van der Waals surface area contributed by atoms with Gasteiger partial charge in [-0.1, -0.05) is 0 Å². The van der Waals surface area contributed by atoms with Gasteiger partial charge in [0, 0.05) is 19.0 Å². The lowest BCUT2D eigenvalue weighted by Crippen LogP contribution is -2.58. The Hall–Kier alpha value is -2.65. The smallest absolute Gasteiger partial charge is 0.421 e. The third-order valence-electron chi connectivity index (χ3n) is 4.00. The van der Waals surface area contributed by atoms with Crippen LogP contribution >= 0.6 is 0 Å². The first-order valence-corrected chi connectivity index (χ1v) is 7.55. The molecule has 0 saturated carbocycles. The largest absolute Gasteiger partial charge is 0.470 e. The maximum atomic E-state index is 12.9. The quantitative estimate of drug-likeness (QED) is 0.746. The number of amides is 3. The van der Waals surface area contributed by atoms with Gasteiger partial charge < -0.3 is 9.64 Å². The molecule has 0 aliphatic carbocycles. The summed E-state index contributed by atoms with van der Waals surface area (Å²) in [4.78, 5) is 40.8. The number of halogens is 3. The molecule has 0 spiro atoms. The number of carbonyl (C=O) groups excluding carboxylic acids is 3. The number of aromatic nitrogens is 1. The number of carbonyl (C=O) groups is 3. The lowest BCUT2D eigenvalue weighted by atomic mass is 10.1. The van der Waals surface area contributed by atoms with Crippen LogP contribution in [0, 0.1) is 0 Å². The number of ether oxygens (including phenoxy) is 1. The fourth-order valence-electron chi connectivity index (χ4n) is 2.61. The zero-order valence-corrected chi connectivity index (χ0v) is 13.0.